The van der Waals surface area contributed by atoms with E-state index in [4.69, 9.17) is 4.74 Å². The average Bonchev–Trinajstić information content (AvgIpc) is 3.39. The molecule has 4 aromatic carbocycles. The third kappa shape index (κ3) is 3.90. The van der Waals surface area contributed by atoms with E-state index in [1.54, 1.807) is 4.68 Å². The van der Waals surface area contributed by atoms with Crippen molar-refractivity contribution in [3.8, 4) is 11.1 Å². The number of nitrogens with one attached hydrogen (secondary N) is 1. The first-order valence-corrected chi connectivity index (χ1v) is 11.7. The summed E-state index contributed by atoms with van der Waals surface area (Å²) < 4.78 is 7.46. The molecule has 2 heterocycles. The van der Waals surface area contributed by atoms with Gasteiger partial charge in [-0.25, -0.2) is 4.79 Å². The van der Waals surface area contributed by atoms with Crippen LogP contribution in [-0.4, -0.2) is 26.2 Å². The van der Waals surface area contributed by atoms with E-state index in [0.717, 1.165) is 33.0 Å². The normalized spacial score (nSPS) is 14.9. The van der Waals surface area contributed by atoms with E-state index < -0.39 is 12.0 Å². The molecule has 6 rings (SSSR count). The summed E-state index contributed by atoms with van der Waals surface area (Å²) in [6.07, 6.45) is 0. The number of ether oxygens (including phenoxy) is 1. The Balaban J connectivity index is 1.30. The minimum absolute atomic E-state index is 0.162. The number of hydrogen-bond acceptors (Lipinski definition) is 6. The largest absolute Gasteiger partial charge is 0.457 e. The molecule has 176 valence electrons. The molecular weight excluding hydrogens is 450 g/mol. The highest BCUT2D eigenvalue weighted by Crippen LogP contribution is 2.38. The number of tetrazole rings is 1. The minimum Gasteiger partial charge on any atom is -0.457 e. The maximum Gasteiger partial charge on any atom is 0.338 e. The molecule has 1 atom stereocenters. The van der Waals surface area contributed by atoms with E-state index in [9.17, 15) is 4.79 Å². The number of nitrogens with zero attached hydrogens (tertiary/aromatic N) is 4. The Morgan fingerprint density at radius 2 is 1.61 bits per heavy atom. The van der Waals surface area contributed by atoms with Crippen molar-refractivity contribution in [3.63, 3.8) is 0 Å². The second kappa shape index (κ2) is 9.11. The Kier molecular flexibility index (Phi) is 5.50. The molecule has 1 N–H and O–H groups in total. The van der Waals surface area contributed by atoms with Gasteiger partial charge in [0.2, 0.25) is 5.95 Å². The second-order valence-electron chi connectivity index (χ2n) is 8.72. The van der Waals surface area contributed by atoms with Crippen molar-refractivity contribution < 1.29 is 9.53 Å². The first-order valence-electron chi connectivity index (χ1n) is 11.7. The molecule has 0 amide bonds. The first kappa shape index (κ1) is 21.7. The highest BCUT2D eigenvalue weighted by Gasteiger charge is 2.35. The monoisotopic (exact) mass is 473 g/mol. The SMILES string of the molecule is CC1=C(C(=O)OCc2ccc(-c3ccccc3)cc2)C(c2cccc3ccccc23)n2nnnc2N1. The third-order valence-electron chi connectivity index (χ3n) is 6.48. The van der Waals surface area contributed by atoms with Gasteiger partial charge >= 0.3 is 5.97 Å². The van der Waals surface area contributed by atoms with Crippen LogP contribution in [0.2, 0.25) is 0 Å². The molecule has 0 saturated carbocycles. The van der Waals surface area contributed by atoms with Gasteiger partial charge in [0.25, 0.3) is 0 Å². The van der Waals surface area contributed by atoms with Crippen LogP contribution in [0.4, 0.5) is 5.95 Å². The van der Waals surface area contributed by atoms with Gasteiger partial charge in [-0.05, 0) is 50.4 Å². The zero-order valence-electron chi connectivity index (χ0n) is 19.6. The zero-order chi connectivity index (χ0) is 24.5. The summed E-state index contributed by atoms with van der Waals surface area (Å²) in [6.45, 7) is 2.01. The number of fused-ring (bicyclic) bond motifs is 2. The van der Waals surface area contributed by atoms with Crippen molar-refractivity contribution in [2.24, 2.45) is 0 Å². The van der Waals surface area contributed by atoms with Crippen LogP contribution in [0.5, 0.6) is 0 Å². The standard InChI is InChI=1S/C29H23N5O2/c1-19-26(28(35)36-18-20-14-16-22(17-15-20)21-8-3-2-4-9-21)27(34-29(30-19)31-32-33-34)25-13-7-11-23-10-5-6-12-24(23)25/h2-17,27H,18H2,1H3,(H,30,31,33). The summed E-state index contributed by atoms with van der Waals surface area (Å²) in [6, 6.07) is 31.8. The van der Waals surface area contributed by atoms with Gasteiger partial charge < -0.3 is 10.1 Å². The van der Waals surface area contributed by atoms with Gasteiger partial charge in [0, 0.05) is 5.70 Å². The Morgan fingerprint density at radius 1 is 0.889 bits per heavy atom. The Bertz CT molecular complexity index is 1580. The van der Waals surface area contributed by atoms with E-state index in [0.29, 0.717) is 17.2 Å². The predicted octanol–water partition coefficient (Wildman–Crippen LogP) is 5.53. The molecule has 1 aliphatic rings. The predicted molar refractivity (Wildman–Crippen MR) is 138 cm³/mol. The van der Waals surface area contributed by atoms with Gasteiger partial charge in [-0.2, -0.15) is 4.68 Å². The van der Waals surface area contributed by atoms with E-state index in [1.807, 2.05) is 91.9 Å². The molecule has 0 spiro atoms. The van der Waals surface area contributed by atoms with Crippen LogP contribution in [0, 0.1) is 0 Å². The number of benzene rings is 4. The van der Waals surface area contributed by atoms with Crippen LogP contribution in [0.3, 0.4) is 0 Å². The maximum absolute atomic E-state index is 13.5. The number of hydrogen-bond donors (Lipinski definition) is 1. The second-order valence-corrected chi connectivity index (χ2v) is 8.72. The van der Waals surface area contributed by atoms with Crippen LogP contribution < -0.4 is 5.32 Å². The molecule has 7 heteroatoms. The van der Waals surface area contributed by atoms with Crippen LogP contribution >= 0.6 is 0 Å². The highest BCUT2D eigenvalue weighted by molar-refractivity contribution is 5.95. The molecule has 5 aromatic rings. The average molecular weight is 474 g/mol. The fraction of sp³-hybridized carbons (Fsp3) is 0.103. The van der Waals surface area contributed by atoms with Crippen LogP contribution in [0.25, 0.3) is 21.9 Å². The number of carbonyl (C=O) groups is 1. The number of anilines is 1. The van der Waals surface area contributed by atoms with Crippen molar-refractivity contribution in [3.05, 3.63) is 119 Å². The van der Waals surface area contributed by atoms with Gasteiger partial charge in [-0.1, -0.05) is 102 Å². The van der Waals surface area contributed by atoms with Gasteiger partial charge in [0.15, 0.2) is 0 Å². The summed E-state index contributed by atoms with van der Waals surface area (Å²) in [4.78, 5) is 13.5. The number of aromatic nitrogens is 4. The molecule has 7 nitrogen and oxygen atoms in total. The molecule has 1 aromatic heterocycles. The van der Waals surface area contributed by atoms with E-state index in [2.05, 4.69) is 33.0 Å². The topological polar surface area (TPSA) is 81.9 Å². The Morgan fingerprint density at radius 3 is 2.44 bits per heavy atom. The lowest BCUT2D eigenvalue weighted by Crippen LogP contribution is -2.29. The van der Waals surface area contributed by atoms with Crippen LogP contribution in [0.15, 0.2) is 108 Å². The van der Waals surface area contributed by atoms with Crippen molar-refractivity contribution >= 4 is 22.7 Å². The fourth-order valence-electron chi connectivity index (χ4n) is 4.70. The first-order chi connectivity index (χ1) is 17.7. The van der Waals surface area contributed by atoms with Crippen LogP contribution in [0.1, 0.15) is 24.1 Å². The number of carbonyl (C=O) groups excluding carboxylic acids is 1. The molecule has 0 bridgehead atoms. The summed E-state index contributed by atoms with van der Waals surface area (Å²) in [7, 11) is 0. The molecule has 0 fully saturated rings. The van der Waals surface area contributed by atoms with E-state index in [1.165, 1.54) is 0 Å². The molecule has 0 aliphatic carbocycles. The van der Waals surface area contributed by atoms with Gasteiger partial charge in [0.1, 0.15) is 12.6 Å². The van der Waals surface area contributed by atoms with Gasteiger partial charge in [0.05, 0.1) is 5.57 Å². The Hall–Kier alpha value is -4.78. The zero-order valence-corrected chi connectivity index (χ0v) is 19.6. The van der Waals surface area contributed by atoms with E-state index in [-0.39, 0.29) is 6.61 Å². The summed E-state index contributed by atoms with van der Waals surface area (Å²) in [5.41, 5.74) is 5.25. The number of esters is 1. The molecule has 0 radical (unpaired) electrons. The van der Waals surface area contributed by atoms with Crippen molar-refractivity contribution in [2.75, 3.05) is 5.32 Å². The third-order valence-corrected chi connectivity index (χ3v) is 6.48. The maximum atomic E-state index is 13.5. The summed E-state index contributed by atoms with van der Waals surface area (Å²) in [5, 5.41) is 17.4. The quantitative estimate of drug-likeness (QED) is 0.338. The molecule has 1 unspecified atom stereocenters. The Labute approximate surface area is 208 Å². The summed E-state index contributed by atoms with van der Waals surface area (Å²) in [5.74, 6) is 0.0738. The van der Waals surface area contributed by atoms with Crippen LogP contribution in [-0.2, 0) is 16.1 Å². The lowest BCUT2D eigenvalue weighted by atomic mass is 9.91. The number of allylic oxidation sites excluding steroid dienone is 1. The van der Waals surface area contributed by atoms with Crippen molar-refractivity contribution in [1.82, 2.24) is 20.2 Å². The molecule has 36 heavy (non-hydrogen) atoms. The van der Waals surface area contributed by atoms with Gasteiger partial charge in [-0.15, -0.1) is 0 Å². The smallest absolute Gasteiger partial charge is 0.338 e. The molecular formula is C29H23N5O2. The number of rotatable bonds is 5. The summed E-state index contributed by atoms with van der Waals surface area (Å²) >= 11 is 0. The lowest BCUT2D eigenvalue weighted by Gasteiger charge is -2.28. The van der Waals surface area contributed by atoms with Crippen molar-refractivity contribution in [1.29, 1.82) is 0 Å². The van der Waals surface area contributed by atoms with Gasteiger partial charge in [-0.3, -0.25) is 0 Å². The lowest BCUT2D eigenvalue weighted by molar-refractivity contribution is -0.140. The highest BCUT2D eigenvalue weighted by atomic mass is 16.5. The van der Waals surface area contributed by atoms with E-state index >= 15 is 0 Å². The molecule has 1 aliphatic heterocycles. The van der Waals surface area contributed by atoms with Crippen molar-refractivity contribution in [2.45, 2.75) is 19.6 Å². The fourth-order valence-corrected chi connectivity index (χ4v) is 4.70. The molecule has 0 saturated heterocycles. The minimum atomic E-state index is -0.518.